The van der Waals surface area contributed by atoms with Gasteiger partial charge in [0, 0.05) is 13.1 Å². The summed E-state index contributed by atoms with van der Waals surface area (Å²) < 4.78 is 10.8. The smallest absolute Gasteiger partial charge is 0.290 e. The largest absolute Gasteiger partial charge is 0.503 e. The van der Waals surface area contributed by atoms with Crippen LogP contribution in [0.4, 0.5) is 0 Å². The summed E-state index contributed by atoms with van der Waals surface area (Å²) >= 11 is 0. The third kappa shape index (κ3) is 5.31. The number of nitrogens with zero attached hydrogens (tertiary/aromatic N) is 2. The summed E-state index contributed by atoms with van der Waals surface area (Å²) in [4.78, 5) is 30.1. The molecule has 0 radical (unpaired) electrons. The molecule has 2 aromatic carbocycles. The molecular weight excluding hydrogens is 432 g/mol. The summed E-state index contributed by atoms with van der Waals surface area (Å²) in [5, 5.41) is 10.8. The number of aliphatic hydroxyl groups excluding tert-OH is 1. The van der Waals surface area contributed by atoms with Crippen molar-refractivity contribution in [2.24, 2.45) is 0 Å². The van der Waals surface area contributed by atoms with Crippen LogP contribution in [-0.4, -0.2) is 67.0 Å². The minimum Gasteiger partial charge on any atom is -0.503 e. The molecule has 0 aliphatic carbocycles. The van der Waals surface area contributed by atoms with Crippen molar-refractivity contribution in [3.63, 3.8) is 0 Å². The molecule has 0 aromatic heterocycles. The highest BCUT2D eigenvalue weighted by atomic mass is 16.5. The maximum Gasteiger partial charge on any atom is 0.290 e. The van der Waals surface area contributed by atoms with E-state index in [4.69, 9.17) is 9.47 Å². The number of ketones is 1. The minimum absolute atomic E-state index is 0.0592. The van der Waals surface area contributed by atoms with Crippen LogP contribution in [0.25, 0.3) is 6.08 Å². The van der Waals surface area contributed by atoms with Crippen LogP contribution in [0, 0.1) is 0 Å². The Balaban J connectivity index is 2.01. The molecule has 0 fully saturated rings. The number of rotatable bonds is 11. The molecule has 7 heteroatoms. The van der Waals surface area contributed by atoms with E-state index < -0.39 is 23.5 Å². The number of carbonyl (C=O) groups is 2. The van der Waals surface area contributed by atoms with Crippen LogP contribution in [0.3, 0.4) is 0 Å². The summed E-state index contributed by atoms with van der Waals surface area (Å²) in [6.45, 7) is 6.77. The van der Waals surface area contributed by atoms with Gasteiger partial charge in [0.05, 0.1) is 25.8 Å². The first kappa shape index (κ1) is 25.1. The molecule has 0 unspecified atom stereocenters. The van der Waals surface area contributed by atoms with Crippen LogP contribution in [0.1, 0.15) is 31.0 Å². The van der Waals surface area contributed by atoms with E-state index in [0.29, 0.717) is 30.2 Å². The molecule has 1 aliphatic rings. The van der Waals surface area contributed by atoms with E-state index in [1.54, 1.807) is 36.3 Å². The monoisotopic (exact) mass is 464 g/mol. The predicted octanol–water partition coefficient (Wildman–Crippen LogP) is 4.02. The maximum atomic E-state index is 13.3. The molecule has 2 aromatic rings. The number of allylic oxidation sites excluding steroid dienone is 1. The van der Waals surface area contributed by atoms with Crippen LogP contribution in [0.2, 0.25) is 0 Å². The van der Waals surface area contributed by atoms with Crippen LogP contribution in [0.5, 0.6) is 11.5 Å². The van der Waals surface area contributed by atoms with Crippen molar-refractivity contribution < 1.29 is 24.2 Å². The fourth-order valence-corrected chi connectivity index (χ4v) is 4.12. The molecule has 1 atom stereocenters. The van der Waals surface area contributed by atoms with Gasteiger partial charge in [0.1, 0.15) is 0 Å². The molecular formula is C27H32N2O5. The molecule has 1 N–H and O–H groups in total. The Labute approximate surface area is 200 Å². The summed E-state index contributed by atoms with van der Waals surface area (Å²) in [5.41, 5.74) is 1.57. The van der Waals surface area contributed by atoms with Gasteiger partial charge < -0.3 is 24.4 Å². The second kappa shape index (κ2) is 11.5. The van der Waals surface area contributed by atoms with Crippen molar-refractivity contribution >= 4 is 17.8 Å². The van der Waals surface area contributed by atoms with Crippen molar-refractivity contribution in [3.05, 3.63) is 77.1 Å². The lowest BCUT2D eigenvalue weighted by Gasteiger charge is -2.29. The molecule has 1 amide bonds. The zero-order valence-electron chi connectivity index (χ0n) is 20.2. The molecule has 7 nitrogen and oxygen atoms in total. The first-order valence-electron chi connectivity index (χ1n) is 11.4. The summed E-state index contributed by atoms with van der Waals surface area (Å²) in [6.07, 6.45) is 3.08. The average Bonchev–Trinajstić information content (AvgIpc) is 3.13. The van der Waals surface area contributed by atoms with Crippen LogP contribution < -0.4 is 9.47 Å². The number of carbonyl (C=O) groups excluding carboxylic acids is 2. The number of ether oxygens (including phenoxy) is 2. The number of benzene rings is 2. The Hall–Kier alpha value is -3.58. The van der Waals surface area contributed by atoms with Crippen molar-refractivity contribution in [3.8, 4) is 11.5 Å². The van der Waals surface area contributed by atoms with E-state index in [-0.39, 0.29) is 5.57 Å². The highest BCUT2D eigenvalue weighted by Gasteiger charge is 2.43. The zero-order chi connectivity index (χ0) is 24.7. The fourth-order valence-electron chi connectivity index (χ4n) is 4.12. The third-order valence-electron chi connectivity index (χ3n) is 6.07. The van der Waals surface area contributed by atoms with Gasteiger partial charge in [-0.2, -0.15) is 0 Å². The van der Waals surface area contributed by atoms with E-state index in [1.165, 1.54) is 13.2 Å². The Bertz CT molecular complexity index is 1070. The van der Waals surface area contributed by atoms with E-state index in [0.717, 1.165) is 18.7 Å². The van der Waals surface area contributed by atoms with Crippen LogP contribution in [-0.2, 0) is 9.59 Å². The second-order valence-electron chi connectivity index (χ2n) is 7.91. The topological polar surface area (TPSA) is 79.3 Å². The quantitative estimate of drug-likeness (QED) is 0.506. The first-order valence-corrected chi connectivity index (χ1v) is 11.4. The normalized spacial score (nSPS) is 16.1. The highest BCUT2D eigenvalue weighted by Crippen LogP contribution is 2.40. The summed E-state index contributed by atoms with van der Waals surface area (Å²) in [5.74, 6) is -0.463. The van der Waals surface area contributed by atoms with E-state index in [1.807, 2.05) is 30.3 Å². The Morgan fingerprint density at radius 2 is 1.74 bits per heavy atom. The summed E-state index contributed by atoms with van der Waals surface area (Å²) in [6, 6.07) is 13.9. The number of amides is 1. The average molecular weight is 465 g/mol. The lowest BCUT2D eigenvalue weighted by molar-refractivity contribution is -0.129. The molecule has 180 valence electrons. The minimum atomic E-state index is -0.740. The van der Waals surface area contributed by atoms with E-state index in [9.17, 15) is 14.7 Å². The molecule has 0 saturated carbocycles. The molecule has 1 heterocycles. The van der Waals surface area contributed by atoms with Gasteiger partial charge in [0.25, 0.3) is 5.91 Å². The van der Waals surface area contributed by atoms with Gasteiger partial charge in [-0.1, -0.05) is 56.3 Å². The lowest BCUT2D eigenvalue weighted by Crippen LogP contribution is -2.38. The second-order valence-corrected chi connectivity index (χ2v) is 7.91. The highest BCUT2D eigenvalue weighted by molar-refractivity contribution is 6.14. The lowest BCUT2D eigenvalue weighted by atomic mass is 9.95. The number of likely N-dealkylation sites (N-methyl/N-ethyl adjacent to an activating group) is 1. The predicted molar refractivity (Wildman–Crippen MR) is 132 cm³/mol. The third-order valence-corrected chi connectivity index (χ3v) is 6.07. The fraction of sp³-hybridized carbons (Fsp3) is 0.333. The van der Waals surface area contributed by atoms with Gasteiger partial charge >= 0.3 is 0 Å². The van der Waals surface area contributed by atoms with Gasteiger partial charge in [-0.05, 0) is 42.4 Å². The van der Waals surface area contributed by atoms with E-state index >= 15 is 0 Å². The maximum absolute atomic E-state index is 13.3. The Morgan fingerprint density at radius 1 is 1.06 bits per heavy atom. The molecule has 1 aliphatic heterocycles. The van der Waals surface area contributed by atoms with Crippen molar-refractivity contribution in [1.82, 2.24) is 9.80 Å². The molecule has 3 rings (SSSR count). The first-order chi connectivity index (χ1) is 16.4. The van der Waals surface area contributed by atoms with Crippen LogP contribution >= 0.6 is 0 Å². The van der Waals surface area contributed by atoms with Crippen molar-refractivity contribution in [2.45, 2.75) is 19.9 Å². The number of hydrogen-bond acceptors (Lipinski definition) is 6. The molecule has 0 spiro atoms. The Kier molecular flexibility index (Phi) is 8.49. The molecule has 0 saturated heterocycles. The van der Waals surface area contributed by atoms with Crippen molar-refractivity contribution in [1.29, 1.82) is 0 Å². The number of methoxy groups -OCH3 is 2. The standard InChI is InChI=1S/C27H32N2O5/c1-5-28(6-2)16-17-29-25(20-13-15-22(33-3)23(18-20)34-4)24(26(31)27(29)32)21(30)14-12-19-10-8-7-9-11-19/h7-15,18,25,31H,5-6,16-17H2,1-4H3/b14-12+/t25-/m0/s1. The van der Waals surface area contributed by atoms with Gasteiger partial charge in [-0.25, -0.2) is 0 Å². The van der Waals surface area contributed by atoms with Gasteiger partial charge in [-0.3, -0.25) is 9.59 Å². The summed E-state index contributed by atoms with van der Waals surface area (Å²) in [7, 11) is 3.07. The SMILES string of the molecule is CCN(CC)CCN1C(=O)C(O)=C(C(=O)/C=C/c2ccccc2)[C@@H]1c1ccc(OC)c(OC)c1. The van der Waals surface area contributed by atoms with Gasteiger partial charge in [-0.15, -0.1) is 0 Å². The van der Waals surface area contributed by atoms with Crippen LogP contribution in [0.15, 0.2) is 65.9 Å². The van der Waals surface area contributed by atoms with Gasteiger partial charge in [0.15, 0.2) is 23.0 Å². The van der Waals surface area contributed by atoms with E-state index in [2.05, 4.69) is 18.7 Å². The molecule has 34 heavy (non-hydrogen) atoms. The Morgan fingerprint density at radius 3 is 2.35 bits per heavy atom. The zero-order valence-corrected chi connectivity index (χ0v) is 20.2. The number of aliphatic hydroxyl groups is 1. The van der Waals surface area contributed by atoms with Gasteiger partial charge in [0.2, 0.25) is 0 Å². The van der Waals surface area contributed by atoms with Crippen molar-refractivity contribution in [2.75, 3.05) is 40.4 Å². The molecule has 0 bridgehead atoms. The number of hydrogen-bond donors (Lipinski definition) is 1.